The van der Waals surface area contributed by atoms with E-state index in [0.717, 1.165) is 82.6 Å². The maximum absolute atomic E-state index is 11.0. The molecule has 1 saturated heterocycles. The first-order valence-electron chi connectivity index (χ1n) is 15.8. The van der Waals surface area contributed by atoms with Crippen LogP contribution in [0.5, 0.6) is 11.5 Å². The van der Waals surface area contributed by atoms with Crippen LogP contribution in [0.25, 0.3) is 21.8 Å². The predicted octanol–water partition coefficient (Wildman–Crippen LogP) is 7.05. The highest BCUT2D eigenvalue weighted by Gasteiger charge is 2.17. The Morgan fingerprint density at radius 3 is 1.49 bits per heavy atom. The van der Waals surface area contributed by atoms with Crippen molar-refractivity contribution in [3.8, 4) is 11.5 Å². The highest BCUT2D eigenvalue weighted by atomic mass is 35.5. The Hall–Kier alpha value is -1.67. The molecule has 1 aliphatic rings. The number of ether oxygens (including phenoxy) is 2. The molecule has 1 fully saturated rings. The van der Waals surface area contributed by atoms with Gasteiger partial charge in [0.2, 0.25) is 0 Å². The SMILES string of the molecule is Oc1c(CN2CCOCCOCCN(Cc3cc(Cl)c4cccnc4c3O)CCSCCSCCSCC2)cc(Cl)c2cccnc12. The van der Waals surface area contributed by atoms with E-state index >= 15 is 0 Å². The lowest BCUT2D eigenvalue weighted by Gasteiger charge is -2.24. The summed E-state index contributed by atoms with van der Waals surface area (Å²) in [4.78, 5) is 13.4. The van der Waals surface area contributed by atoms with E-state index in [1.165, 1.54) is 0 Å². The van der Waals surface area contributed by atoms with Crippen molar-refractivity contribution in [3.63, 3.8) is 0 Å². The third-order valence-corrected chi connectivity index (χ3v) is 12.0. The van der Waals surface area contributed by atoms with E-state index in [1.54, 1.807) is 12.4 Å². The third-order valence-electron chi connectivity index (χ3n) is 7.90. The molecule has 0 amide bonds. The average Bonchev–Trinajstić information content (AvgIpc) is 3.08. The summed E-state index contributed by atoms with van der Waals surface area (Å²) in [5.74, 6) is 6.84. The lowest BCUT2D eigenvalue weighted by molar-refractivity contribution is 0.0308. The van der Waals surface area contributed by atoms with Crippen LogP contribution in [0.1, 0.15) is 11.1 Å². The Morgan fingerprint density at radius 2 is 1.04 bits per heavy atom. The Morgan fingerprint density at radius 1 is 0.617 bits per heavy atom. The third kappa shape index (κ3) is 10.9. The molecule has 0 radical (unpaired) electrons. The minimum atomic E-state index is 0.188. The molecule has 4 aromatic rings. The fourth-order valence-electron chi connectivity index (χ4n) is 5.38. The molecular weight excluding hydrogens is 696 g/mol. The summed E-state index contributed by atoms with van der Waals surface area (Å²) < 4.78 is 11.9. The second kappa shape index (κ2) is 19.5. The van der Waals surface area contributed by atoms with Crippen molar-refractivity contribution in [2.75, 3.05) is 87.1 Å². The molecule has 0 saturated carbocycles. The van der Waals surface area contributed by atoms with E-state index in [2.05, 4.69) is 19.8 Å². The number of phenols is 2. The van der Waals surface area contributed by atoms with E-state index in [-0.39, 0.29) is 11.5 Å². The van der Waals surface area contributed by atoms with Gasteiger partial charge in [-0.1, -0.05) is 23.2 Å². The summed E-state index contributed by atoms with van der Waals surface area (Å²) in [6.45, 7) is 6.46. The molecule has 254 valence electrons. The van der Waals surface area contributed by atoms with Crippen LogP contribution in [0.2, 0.25) is 10.0 Å². The first-order chi connectivity index (χ1) is 23.0. The summed E-state index contributed by atoms with van der Waals surface area (Å²) in [5.41, 5.74) is 2.61. The zero-order chi connectivity index (χ0) is 32.8. The summed E-state index contributed by atoms with van der Waals surface area (Å²) in [7, 11) is 0. The van der Waals surface area contributed by atoms with Crippen molar-refractivity contribution < 1.29 is 19.7 Å². The van der Waals surface area contributed by atoms with E-state index in [9.17, 15) is 10.2 Å². The van der Waals surface area contributed by atoms with Gasteiger partial charge in [0.05, 0.1) is 36.5 Å². The first-order valence-corrected chi connectivity index (χ1v) is 20.1. The van der Waals surface area contributed by atoms with Crippen molar-refractivity contribution in [1.82, 2.24) is 19.8 Å². The number of aromatic hydroxyl groups is 2. The molecule has 0 aliphatic carbocycles. The summed E-state index contributed by atoms with van der Waals surface area (Å²) in [5, 5.41) is 24.7. The number of hydrogen-bond donors (Lipinski definition) is 2. The largest absolute Gasteiger partial charge is 0.505 e. The highest BCUT2D eigenvalue weighted by Crippen LogP contribution is 2.35. The van der Waals surface area contributed by atoms with Crippen LogP contribution in [-0.4, -0.2) is 117 Å². The Bertz CT molecular complexity index is 1470. The van der Waals surface area contributed by atoms with Gasteiger partial charge in [0, 0.05) is 108 Å². The zero-order valence-electron chi connectivity index (χ0n) is 26.4. The summed E-state index contributed by atoms with van der Waals surface area (Å²) in [6.07, 6.45) is 3.35. The lowest BCUT2D eigenvalue weighted by atomic mass is 10.1. The van der Waals surface area contributed by atoms with E-state index in [4.69, 9.17) is 32.7 Å². The standard InChI is InChI=1S/C34H42Cl2N4O4S3/c35-29-21-25(33(41)31-27(29)3-1-5-37-31)23-39-7-11-43-13-14-44-12-8-40(10-16-46-18-20-47-19-17-45-15-9-39)24-26-22-30(36)28-4-2-6-38-32(28)34(26)42/h1-6,21-22,41-42H,7-20,23-24H2. The number of pyridine rings is 2. The van der Waals surface area contributed by atoms with Gasteiger partial charge >= 0.3 is 0 Å². The number of aromatic nitrogens is 2. The van der Waals surface area contributed by atoms with Crippen molar-refractivity contribution in [2.24, 2.45) is 0 Å². The van der Waals surface area contributed by atoms with Crippen LogP contribution in [-0.2, 0) is 22.6 Å². The zero-order valence-corrected chi connectivity index (χ0v) is 30.4. The van der Waals surface area contributed by atoms with Gasteiger partial charge in [0.15, 0.2) is 0 Å². The Labute approximate surface area is 299 Å². The number of rotatable bonds is 4. The van der Waals surface area contributed by atoms with Gasteiger partial charge in [-0.15, -0.1) is 0 Å². The number of fused-ring (bicyclic) bond motifs is 2. The normalized spacial score (nSPS) is 18.3. The molecule has 5 rings (SSSR count). The Kier molecular flexibility index (Phi) is 15.2. The molecule has 0 atom stereocenters. The van der Waals surface area contributed by atoms with Gasteiger partial charge < -0.3 is 19.7 Å². The number of halogens is 2. The van der Waals surface area contributed by atoms with E-state index in [0.29, 0.717) is 60.6 Å². The van der Waals surface area contributed by atoms with Crippen LogP contribution in [0, 0.1) is 0 Å². The van der Waals surface area contributed by atoms with Gasteiger partial charge in [-0.05, 0) is 36.4 Å². The van der Waals surface area contributed by atoms with Crippen molar-refractivity contribution in [2.45, 2.75) is 13.1 Å². The predicted molar refractivity (Wildman–Crippen MR) is 201 cm³/mol. The second-order valence-corrected chi connectivity index (χ2v) is 15.6. The van der Waals surface area contributed by atoms with E-state index < -0.39 is 0 Å². The molecule has 0 unspecified atom stereocenters. The van der Waals surface area contributed by atoms with Crippen LogP contribution in [0.3, 0.4) is 0 Å². The maximum Gasteiger partial charge on any atom is 0.146 e. The van der Waals surface area contributed by atoms with Crippen molar-refractivity contribution in [3.05, 3.63) is 70.0 Å². The van der Waals surface area contributed by atoms with Gasteiger partial charge in [-0.25, -0.2) is 0 Å². The molecule has 47 heavy (non-hydrogen) atoms. The topological polar surface area (TPSA) is 91.2 Å². The molecule has 3 heterocycles. The van der Waals surface area contributed by atoms with Crippen molar-refractivity contribution >= 4 is 80.3 Å². The first kappa shape index (κ1) is 36.6. The maximum atomic E-state index is 11.0. The smallest absolute Gasteiger partial charge is 0.146 e. The number of nitrogens with zero attached hydrogens (tertiary/aromatic N) is 4. The molecule has 0 bridgehead atoms. The molecule has 2 aromatic carbocycles. The van der Waals surface area contributed by atoms with Crippen molar-refractivity contribution in [1.29, 1.82) is 0 Å². The number of phenolic OH excluding ortho intramolecular Hbond substituents is 2. The van der Waals surface area contributed by atoms with Gasteiger partial charge in [0.25, 0.3) is 0 Å². The van der Waals surface area contributed by atoms with Crippen LogP contribution >= 0.6 is 58.5 Å². The van der Waals surface area contributed by atoms with Crippen LogP contribution in [0.4, 0.5) is 0 Å². The second-order valence-electron chi connectivity index (χ2n) is 11.1. The summed E-state index contributed by atoms with van der Waals surface area (Å²) >= 11 is 19.1. The molecular formula is C34H42Cl2N4O4S3. The average molecular weight is 738 g/mol. The minimum Gasteiger partial charge on any atom is -0.505 e. The molecule has 2 N–H and O–H groups in total. The molecule has 8 nitrogen and oxygen atoms in total. The Balaban J connectivity index is 1.16. The van der Waals surface area contributed by atoms with Gasteiger partial charge in [0.1, 0.15) is 22.5 Å². The quantitative estimate of drug-likeness (QED) is 0.226. The summed E-state index contributed by atoms with van der Waals surface area (Å²) in [6, 6.07) is 11.1. The number of thioether (sulfide) groups is 3. The molecule has 2 aromatic heterocycles. The lowest BCUT2D eigenvalue weighted by Crippen LogP contribution is -2.31. The minimum absolute atomic E-state index is 0.188. The molecule has 13 heteroatoms. The fraction of sp³-hybridized carbons (Fsp3) is 0.471. The van der Waals surface area contributed by atoms with E-state index in [1.807, 2.05) is 71.7 Å². The highest BCUT2D eigenvalue weighted by molar-refractivity contribution is 8.04. The molecule has 1 aliphatic heterocycles. The monoisotopic (exact) mass is 736 g/mol. The number of benzene rings is 2. The van der Waals surface area contributed by atoms with Gasteiger partial charge in [-0.3, -0.25) is 19.8 Å². The molecule has 0 spiro atoms. The van der Waals surface area contributed by atoms with Crippen LogP contribution in [0.15, 0.2) is 48.8 Å². The number of hydrogen-bond acceptors (Lipinski definition) is 11. The van der Waals surface area contributed by atoms with Crippen LogP contribution < -0.4 is 0 Å². The fourth-order valence-corrected chi connectivity index (χ4v) is 9.22. The van der Waals surface area contributed by atoms with Gasteiger partial charge in [-0.2, -0.15) is 35.3 Å².